The highest BCUT2D eigenvalue weighted by Crippen LogP contribution is 2.29. The van der Waals surface area contributed by atoms with Crippen LogP contribution in [0.1, 0.15) is 58.4 Å². The van der Waals surface area contributed by atoms with Crippen molar-refractivity contribution in [2.45, 2.75) is 57.8 Å². The Kier molecular flexibility index (Phi) is 10.9. The zero-order chi connectivity index (χ0) is 25.0. The molecule has 8 nitrogen and oxygen atoms in total. The average Bonchev–Trinajstić information content (AvgIpc) is 2.83. The second kappa shape index (κ2) is 13.6. The largest absolute Gasteiger partial charge is 0.277 e. The summed E-state index contributed by atoms with van der Waals surface area (Å²) in [6.45, 7) is 6.13. The number of allylic oxidation sites excluding steroid dienone is 1. The predicted molar refractivity (Wildman–Crippen MR) is 138 cm³/mol. The zero-order valence-electron chi connectivity index (χ0n) is 20.1. The third kappa shape index (κ3) is 7.78. The summed E-state index contributed by atoms with van der Waals surface area (Å²) in [5, 5.41) is 15.6. The van der Waals surface area contributed by atoms with Crippen molar-refractivity contribution < 1.29 is 13.3 Å². The van der Waals surface area contributed by atoms with Crippen LogP contribution in [0.15, 0.2) is 64.1 Å². The monoisotopic (exact) mass is 486 g/mol. The molecule has 1 N–H and O–H groups in total. The summed E-state index contributed by atoms with van der Waals surface area (Å²) in [5.41, 5.74) is 4.77. The number of hydrazone groups is 1. The molecule has 0 aliphatic carbocycles. The van der Waals surface area contributed by atoms with Crippen LogP contribution in [0.25, 0.3) is 6.08 Å². The fourth-order valence-electron chi connectivity index (χ4n) is 3.51. The van der Waals surface area contributed by atoms with E-state index in [4.69, 9.17) is 0 Å². The first kappa shape index (κ1) is 27.2. The van der Waals surface area contributed by atoms with Gasteiger partial charge in [-0.1, -0.05) is 76.4 Å². The summed E-state index contributed by atoms with van der Waals surface area (Å²) in [6.07, 6.45) is 9.05. The van der Waals surface area contributed by atoms with E-state index in [0.717, 1.165) is 42.9 Å². The number of nitrogens with one attached hydrogen (secondary N) is 1. The van der Waals surface area contributed by atoms with Crippen molar-refractivity contribution in [2.75, 3.05) is 18.5 Å². The normalized spacial score (nSPS) is 12.4. The second-order valence-electron chi connectivity index (χ2n) is 7.84. The van der Waals surface area contributed by atoms with Crippen LogP contribution >= 0.6 is 0 Å². The molecular formula is C25H34N4O4S. The van der Waals surface area contributed by atoms with E-state index >= 15 is 0 Å². The van der Waals surface area contributed by atoms with Crippen molar-refractivity contribution in [1.29, 1.82) is 0 Å². The average molecular weight is 487 g/mol. The lowest BCUT2D eigenvalue weighted by atomic mass is 10.0. The fraction of sp³-hybridized carbons (Fsp3) is 0.400. The molecule has 0 unspecified atom stereocenters. The van der Waals surface area contributed by atoms with Gasteiger partial charge in [-0.15, -0.1) is 0 Å². The second-order valence-corrected chi connectivity index (χ2v) is 9.74. The number of hydrogen-bond acceptors (Lipinski definition) is 6. The molecular weight excluding hydrogens is 452 g/mol. The van der Waals surface area contributed by atoms with E-state index in [0.29, 0.717) is 0 Å². The summed E-state index contributed by atoms with van der Waals surface area (Å²) in [5.74, 6) is 0. The number of nitro benzene ring substituents is 1. The quantitative estimate of drug-likeness (QED) is 0.151. The molecule has 0 saturated heterocycles. The minimum absolute atomic E-state index is 0.168. The van der Waals surface area contributed by atoms with Crippen LogP contribution < -0.4 is 5.43 Å². The lowest BCUT2D eigenvalue weighted by Crippen LogP contribution is -2.31. The van der Waals surface area contributed by atoms with Crippen LogP contribution in [-0.2, 0) is 10.0 Å². The smallest absolute Gasteiger partial charge is 0.270 e. The molecule has 0 bridgehead atoms. The molecule has 0 aliphatic heterocycles. The molecule has 2 aromatic rings. The molecule has 34 heavy (non-hydrogen) atoms. The van der Waals surface area contributed by atoms with Crippen molar-refractivity contribution in [3.63, 3.8) is 0 Å². The zero-order valence-corrected chi connectivity index (χ0v) is 20.9. The number of anilines is 1. The van der Waals surface area contributed by atoms with Gasteiger partial charge in [-0.3, -0.25) is 15.5 Å². The number of rotatable bonds is 14. The molecule has 184 valence electrons. The highest BCUT2D eigenvalue weighted by atomic mass is 32.2. The predicted octanol–water partition coefficient (Wildman–Crippen LogP) is 6.08. The van der Waals surface area contributed by atoms with E-state index in [9.17, 15) is 18.5 Å². The van der Waals surface area contributed by atoms with Crippen molar-refractivity contribution >= 4 is 33.7 Å². The van der Waals surface area contributed by atoms with E-state index in [2.05, 4.69) is 23.5 Å². The Morgan fingerprint density at radius 1 is 1.06 bits per heavy atom. The summed E-state index contributed by atoms with van der Waals surface area (Å²) in [7, 11) is -3.93. The van der Waals surface area contributed by atoms with Crippen molar-refractivity contribution in [3.8, 4) is 0 Å². The molecule has 0 heterocycles. The van der Waals surface area contributed by atoms with Gasteiger partial charge in [0, 0.05) is 25.2 Å². The Morgan fingerprint density at radius 3 is 2.38 bits per heavy atom. The van der Waals surface area contributed by atoms with Crippen molar-refractivity contribution in [1.82, 2.24) is 4.31 Å². The molecule has 2 rings (SSSR count). The lowest BCUT2D eigenvalue weighted by Gasteiger charge is -2.20. The number of nitrogens with zero attached hydrogens (tertiary/aromatic N) is 3. The van der Waals surface area contributed by atoms with E-state index in [-0.39, 0.29) is 29.4 Å². The number of hydrogen-bond donors (Lipinski definition) is 1. The van der Waals surface area contributed by atoms with E-state index in [1.807, 2.05) is 30.3 Å². The Hall–Kier alpha value is -3.04. The maximum Gasteiger partial charge on any atom is 0.270 e. The third-order valence-corrected chi connectivity index (χ3v) is 7.48. The van der Waals surface area contributed by atoms with Gasteiger partial charge in [0.1, 0.15) is 4.90 Å². The van der Waals surface area contributed by atoms with Crippen LogP contribution in [0.3, 0.4) is 0 Å². The van der Waals surface area contributed by atoms with Gasteiger partial charge in [0.15, 0.2) is 0 Å². The number of nitro groups is 1. The van der Waals surface area contributed by atoms with Gasteiger partial charge >= 0.3 is 0 Å². The molecule has 2 aromatic carbocycles. The summed E-state index contributed by atoms with van der Waals surface area (Å²) in [6, 6.07) is 13.7. The van der Waals surface area contributed by atoms with Gasteiger partial charge in [-0.25, -0.2) is 8.42 Å². The number of non-ortho nitro benzene ring substituents is 1. The van der Waals surface area contributed by atoms with Crippen molar-refractivity contribution in [3.05, 3.63) is 69.8 Å². The Morgan fingerprint density at radius 2 is 1.76 bits per heavy atom. The molecule has 9 heteroatoms. The first-order valence-electron chi connectivity index (χ1n) is 11.7. The minimum atomic E-state index is -3.93. The third-order valence-electron chi connectivity index (χ3n) is 5.39. The Balaban J connectivity index is 2.35. The summed E-state index contributed by atoms with van der Waals surface area (Å²) in [4.78, 5) is 10.5. The molecule has 0 amide bonds. The first-order chi connectivity index (χ1) is 16.3. The molecule has 0 aliphatic rings. The topological polar surface area (TPSA) is 105 Å². The fourth-order valence-corrected chi connectivity index (χ4v) is 5.13. The van der Waals surface area contributed by atoms with Crippen LogP contribution in [0.4, 0.5) is 11.4 Å². The molecule has 0 fully saturated rings. The van der Waals surface area contributed by atoms with Crippen molar-refractivity contribution in [2.24, 2.45) is 5.10 Å². The Bertz CT molecular complexity index is 1100. The van der Waals surface area contributed by atoms with Crippen LogP contribution in [-0.4, -0.2) is 37.0 Å². The molecule has 0 aromatic heterocycles. The SMILES string of the molecule is CCCCCCC(/C=N\Nc1ccc([N+](=O)[O-])cc1S(=O)(=O)N(CC)CC)=C\c1ccccc1. The van der Waals surface area contributed by atoms with Crippen LogP contribution in [0, 0.1) is 10.1 Å². The van der Waals surface area contributed by atoms with E-state index < -0.39 is 14.9 Å². The van der Waals surface area contributed by atoms with E-state index in [1.165, 1.54) is 22.9 Å². The number of unbranched alkanes of at least 4 members (excludes halogenated alkanes) is 3. The van der Waals surface area contributed by atoms with Gasteiger partial charge in [0.05, 0.1) is 16.8 Å². The standard InChI is InChI=1S/C25H34N4O4S/c1-4-7-8-10-15-22(18-21-13-11-9-12-14-21)20-26-27-24-17-16-23(29(30)31)19-25(24)34(32,33)28(5-2)6-3/h9,11-14,16-20,27H,4-8,10,15H2,1-3H3/b22-18+,26-20-. The highest BCUT2D eigenvalue weighted by Gasteiger charge is 2.27. The van der Waals surface area contributed by atoms with Gasteiger partial charge < -0.3 is 0 Å². The van der Waals surface area contributed by atoms with Gasteiger partial charge in [-0.2, -0.15) is 9.41 Å². The lowest BCUT2D eigenvalue weighted by molar-refractivity contribution is -0.385. The highest BCUT2D eigenvalue weighted by molar-refractivity contribution is 7.89. The summed E-state index contributed by atoms with van der Waals surface area (Å²) >= 11 is 0. The maximum atomic E-state index is 13.1. The van der Waals surface area contributed by atoms with Crippen LogP contribution in [0.2, 0.25) is 0 Å². The van der Waals surface area contributed by atoms with Crippen LogP contribution in [0.5, 0.6) is 0 Å². The van der Waals surface area contributed by atoms with Gasteiger partial charge in [0.25, 0.3) is 5.69 Å². The molecule has 0 saturated carbocycles. The van der Waals surface area contributed by atoms with Gasteiger partial charge in [-0.05, 0) is 30.0 Å². The summed E-state index contributed by atoms with van der Waals surface area (Å²) < 4.78 is 27.5. The van der Waals surface area contributed by atoms with E-state index in [1.54, 1.807) is 20.1 Å². The molecule has 0 radical (unpaired) electrons. The first-order valence-corrected chi connectivity index (χ1v) is 13.1. The number of benzene rings is 2. The van der Waals surface area contributed by atoms with Gasteiger partial charge in [0.2, 0.25) is 10.0 Å². The Labute approximate surface area is 202 Å². The molecule has 0 atom stereocenters. The molecule has 0 spiro atoms. The number of sulfonamides is 1. The maximum absolute atomic E-state index is 13.1. The minimum Gasteiger partial charge on any atom is -0.277 e.